The van der Waals surface area contributed by atoms with Gasteiger partial charge in [0, 0.05) is 15.6 Å². The predicted molar refractivity (Wildman–Crippen MR) is 67.6 cm³/mol. The lowest BCUT2D eigenvalue weighted by Crippen LogP contribution is -2.06. The Labute approximate surface area is 109 Å². The molecule has 0 aliphatic carbocycles. The zero-order valence-corrected chi connectivity index (χ0v) is 10.9. The van der Waals surface area contributed by atoms with E-state index in [4.69, 9.17) is 27.9 Å². The summed E-state index contributed by atoms with van der Waals surface area (Å²) < 4.78 is 5.36. The van der Waals surface area contributed by atoms with Gasteiger partial charge < -0.3 is 4.74 Å². The molecule has 4 nitrogen and oxygen atoms in total. The van der Waals surface area contributed by atoms with Crippen molar-refractivity contribution in [3.05, 3.63) is 28.2 Å². The van der Waals surface area contributed by atoms with E-state index in [2.05, 4.69) is 15.2 Å². The fraction of sp³-hybridized carbons (Fsp3) is 0.273. The van der Waals surface area contributed by atoms with Gasteiger partial charge in [0.25, 0.3) is 0 Å². The average Bonchev–Trinajstić information content (AvgIpc) is 2.63. The van der Waals surface area contributed by atoms with E-state index >= 15 is 0 Å². The van der Waals surface area contributed by atoms with Crippen molar-refractivity contribution in [1.82, 2.24) is 15.2 Å². The minimum absolute atomic E-state index is 0.0293. The molecule has 0 aliphatic rings. The van der Waals surface area contributed by atoms with Crippen LogP contribution in [0.5, 0.6) is 6.01 Å². The van der Waals surface area contributed by atoms with Crippen molar-refractivity contribution in [2.45, 2.75) is 20.0 Å². The first-order chi connectivity index (χ1) is 8.04. The topological polar surface area (TPSA) is 50.8 Å². The summed E-state index contributed by atoms with van der Waals surface area (Å²) in [6.45, 7) is 3.82. The zero-order chi connectivity index (χ0) is 12.4. The number of benzene rings is 1. The van der Waals surface area contributed by atoms with Gasteiger partial charge in [-0.1, -0.05) is 23.2 Å². The molecule has 2 aromatic rings. The SMILES string of the molecule is CC(C)Oc1n[nH]c(-c2cc(Cl)cc(Cl)c2)n1. The molecular formula is C11H11Cl2N3O. The third-order valence-electron chi connectivity index (χ3n) is 1.94. The Kier molecular flexibility index (Phi) is 3.54. The first-order valence-electron chi connectivity index (χ1n) is 5.10. The van der Waals surface area contributed by atoms with E-state index < -0.39 is 0 Å². The molecule has 1 aromatic heterocycles. The lowest BCUT2D eigenvalue weighted by atomic mass is 10.2. The van der Waals surface area contributed by atoms with Crippen molar-refractivity contribution in [1.29, 1.82) is 0 Å². The van der Waals surface area contributed by atoms with Crippen LogP contribution < -0.4 is 4.74 Å². The van der Waals surface area contributed by atoms with Crippen molar-refractivity contribution >= 4 is 23.2 Å². The number of H-pyrrole nitrogens is 1. The summed E-state index contributed by atoms with van der Waals surface area (Å²) in [4.78, 5) is 4.20. The van der Waals surface area contributed by atoms with Gasteiger partial charge >= 0.3 is 6.01 Å². The third-order valence-corrected chi connectivity index (χ3v) is 2.38. The molecule has 0 bridgehead atoms. The zero-order valence-electron chi connectivity index (χ0n) is 9.37. The Balaban J connectivity index is 2.30. The van der Waals surface area contributed by atoms with Crippen molar-refractivity contribution in [3.8, 4) is 17.4 Å². The molecule has 17 heavy (non-hydrogen) atoms. The molecule has 0 spiro atoms. The van der Waals surface area contributed by atoms with E-state index in [0.717, 1.165) is 5.56 Å². The summed E-state index contributed by atoms with van der Waals surface area (Å²) >= 11 is 11.8. The minimum atomic E-state index is 0.0293. The molecule has 6 heteroatoms. The molecule has 1 aromatic carbocycles. The van der Waals surface area contributed by atoms with Crippen molar-refractivity contribution in [2.24, 2.45) is 0 Å². The Bertz CT molecular complexity index is 505. The van der Waals surface area contributed by atoms with Gasteiger partial charge in [0.2, 0.25) is 0 Å². The molecule has 2 rings (SSSR count). The maximum atomic E-state index is 5.91. The predicted octanol–water partition coefficient (Wildman–Crippen LogP) is 3.57. The molecule has 0 saturated heterocycles. The van der Waals surface area contributed by atoms with Gasteiger partial charge in [-0.25, -0.2) is 0 Å². The molecule has 90 valence electrons. The third kappa shape index (κ3) is 3.11. The number of halogens is 2. The second-order valence-corrected chi connectivity index (χ2v) is 4.66. The van der Waals surface area contributed by atoms with Crippen LogP contribution in [-0.2, 0) is 0 Å². The van der Waals surface area contributed by atoms with E-state index in [1.54, 1.807) is 18.2 Å². The molecule has 0 amide bonds. The van der Waals surface area contributed by atoms with Gasteiger partial charge in [-0.05, 0) is 32.0 Å². The number of aromatic amines is 1. The number of nitrogens with one attached hydrogen (secondary N) is 1. The van der Waals surface area contributed by atoms with E-state index in [0.29, 0.717) is 21.9 Å². The molecule has 0 saturated carbocycles. The standard InChI is InChI=1S/C11H11Cl2N3O/c1-6(2)17-11-14-10(15-16-11)7-3-8(12)5-9(13)4-7/h3-6H,1-2H3,(H,14,15,16). The lowest BCUT2D eigenvalue weighted by Gasteiger charge is -2.02. The van der Waals surface area contributed by atoms with E-state index in [1.807, 2.05) is 13.8 Å². The van der Waals surface area contributed by atoms with Gasteiger partial charge in [-0.3, -0.25) is 5.10 Å². The van der Waals surface area contributed by atoms with E-state index in [1.165, 1.54) is 0 Å². The summed E-state index contributed by atoms with van der Waals surface area (Å²) in [5, 5.41) is 7.83. The number of aromatic nitrogens is 3. The number of hydrogen-bond acceptors (Lipinski definition) is 3. The molecule has 0 radical (unpaired) electrons. The fourth-order valence-electron chi connectivity index (χ4n) is 1.33. The van der Waals surface area contributed by atoms with E-state index in [-0.39, 0.29) is 6.10 Å². The largest absolute Gasteiger partial charge is 0.460 e. The van der Waals surface area contributed by atoms with Crippen LogP contribution in [0.2, 0.25) is 10.0 Å². The Morgan fingerprint density at radius 2 is 1.82 bits per heavy atom. The Morgan fingerprint density at radius 1 is 1.18 bits per heavy atom. The highest BCUT2D eigenvalue weighted by Gasteiger charge is 2.09. The van der Waals surface area contributed by atoms with Gasteiger partial charge in [-0.15, -0.1) is 5.10 Å². The van der Waals surface area contributed by atoms with Gasteiger partial charge in [-0.2, -0.15) is 4.98 Å². The molecule has 0 unspecified atom stereocenters. The van der Waals surface area contributed by atoms with Crippen LogP contribution in [0.3, 0.4) is 0 Å². The van der Waals surface area contributed by atoms with Crippen LogP contribution in [0.25, 0.3) is 11.4 Å². The quantitative estimate of drug-likeness (QED) is 0.929. The number of rotatable bonds is 3. The summed E-state index contributed by atoms with van der Waals surface area (Å²) in [6.07, 6.45) is 0.0293. The maximum Gasteiger partial charge on any atom is 0.336 e. The lowest BCUT2D eigenvalue weighted by molar-refractivity contribution is 0.223. The number of nitrogens with zero attached hydrogens (tertiary/aromatic N) is 2. The summed E-state index contributed by atoms with van der Waals surface area (Å²) in [5.41, 5.74) is 0.772. The van der Waals surface area contributed by atoms with Gasteiger partial charge in [0.05, 0.1) is 6.10 Å². The molecule has 1 N–H and O–H groups in total. The molecule has 0 atom stereocenters. The first-order valence-corrected chi connectivity index (χ1v) is 5.85. The first kappa shape index (κ1) is 12.2. The summed E-state index contributed by atoms with van der Waals surface area (Å²) in [5.74, 6) is 0.574. The highest BCUT2D eigenvalue weighted by molar-refractivity contribution is 6.35. The average molecular weight is 272 g/mol. The molecular weight excluding hydrogens is 261 g/mol. The molecule has 0 fully saturated rings. The highest BCUT2D eigenvalue weighted by atomic mass is 35.5. The highest BCUT2D eigenvalue weighted by Crippen LogP contribution is 2.25. The molecule has 1 heterocycles. The van der Waals surface area contributed by atoms with Crippen LogP contribution in [0, 0.1) is 0 Å². The van der Waals surface area contributed by atoms with Crippen molar-refractivity contribution in [3.63, 3.8) is 0 Å². The second kappa shape index (κ2) is 4.94. The normalized spacial score (nSPS) is 10.9. The maximum absolute atomic E-state index is 5.91. The fourth-order valence-corrected chi connectivity index (χ4v) is 1.86. The van der Waals surface area contributed by atoms with Gasteiger partial charge in [0.1, 0.15) is 0 Å². The van der Waals surface area contributed by atoms with Gasteiger partial charge in [0.15, 0.2) is 5.82 Å². The number of ether oxygens (including phenoxy) is 1. The number of hydrogen-bond donors (Lipinski definition) is 1. The van der Waals surface area contributed by atoms with Crippen LogP contribution in [0.1, 0.15) is 13.8 Å². The van der Waals surface area contributed by atoms with E-state index in [9.17, 15) is 0 Å². The smallest absolute Gasteiger partial charge is 0.336 e. The monoisotopic (exact) mass is 271 g/mol. The van der Waals surface area contributed by atoms with Crippen molar-refractivity contribution < 1.29 is 4.74 Å². The Morgan fingerprint density at radius 3 is 2.41 bits per heavy atom. The second-order valence-electron chi connectivity index (χ2n) is 3.79. The molecule has 0 aliphatic heterocycles. The summed E-state index contributed by atoms with van der Waals surface area (Å²) in [7, 11) is 0. The Hall–Kier alpha value is -1.26. The minimum Gasteiger partial charge on any atom is -0.460 e. The van der Waals surface area contributed by atoms with Crippen LogP contribution in [0.15, 0.2) is 18.2 Å². The summed E-state index contributed by atoms with van der Waals surface area (Å²) in [6, 6.07) is 5.49. The van der Waals surface area contributed by atoms with Crippen LogP contribution in [-0.4, -0.2) is 21.3 Å². The van der Waals surface area contributed by atoms with Crippen molar-refractivity contribution in [2.75, 3.05) is 0 Å². The van der Waals surface area contributed by atoms with Crippen LogP contribution >= 0.6 is 23.2 Å². The van der Waals surface area contributed by atoms with Crippen LogP contribution in [0.4, 0.5) is 0 Å².